The SMILES string of the molecule is C=C1CC[C@@H]2[C@H](C3C1CC[C@]3(C)C(CC(C)C)c1c(O)c(C=O)c(O)c(C=O)c1O)C2(C)C. The maximum atomic E-state index is 11.8. The predicted octanol–water partition coefficient (Wildman–Crippen LogP) is 6.21. The van der Waals surface area contributed by atoms with Gasteiger partial charge in [-0.2, -0.15) is 0 Å². The second kappa shape index (κ2) is 7.89. The van der Waals surface area contributed by atoms with Crippen LogP contribution in [0.1, 0.15) is 98.9 Å². The lowest BCUT2D eigenvalue weighted by molar-refractivity contribution is 0.106. The third-order valence-corrected chi connectivity index (χ3v) is 9.63. The first-order chi connectivity index (χ1) is 15.4. The maximum absolute atomic E-state index is 11.8. The van der Waals surface area contributed by atoms with E-state index in [9.17, 15) is 24.9 Å². The fourth-order valence-electron chi connectivity index (χ4n) is 7.89. The molecule has 3 aliphatic carbocycles. The van der Waals surface area contributed by atoms with Crippen molar-refractivity contribution in [2.24, 2.45) is 40.4 Å². The quantitative estimate of drug-likeness (QED) is 0.351. The number of carbonyl (C=O) groups excluding carboxylic acids is 2. The van der Waals surface area contributed by atoms with Gasteiger partial charge in [0.05, 0.1) is 11.1 Å². The van der Waals surface area contributed by atoms with Gasteiger partial charge in [0.1, 0.15) is 17.2 Å². The molecular weight excluding hydrogens is 416 g/mol. The zero-order valence-electron chi connectivity index (χ0n) is 20.5. The Morgan fingerprint density at radius 3 is 2.06 bits per heavy atom. The molecule has 5 heteroatoms. The minimum Gasteiger partial charge on any atom is -0.507 e. The third kappa shape index (κ3) is 3.33. The van der Waals surface area contributed by atoms with Gasteiger partial charge in [-0.3, -0.25) is 9.59 Å². The summed E-state index contributed by atoms with van der Waals surface area (Å²) in [6.45, 7) is 15.6. The van der Waals surface area contributed by atoms with Crippen LogP contribution in [0.2, 0.25) is 0 Å². The van der Waals surface area contributed by atoms with Crippen molar-refractivity contribution in [1.82, 2.24) is 0 Å². The largest absolute Gasteiger partial charge is 0.507 e. The number of rotatable bonds is 6. The standard InChI is InChI=1S/C28H38O5/c1-14(2)11-20(21-25(32)17(12-29)24(31)18(13-30)26(21)33)28(6)10-9-16-15(3)7-8-19-23(22(16)28)27(19,4)5/h12-14,16,19-20,22-23,31-33H,3,7-11H2,1-2,4-6H3/t16?,19-,20?,22?,23-,28-/m1/s1. The smallest absolute Gasteiger partial charge is 0.157 e. The van der Waals surface area contributed by atoms with Crippen molar-refractivity contribution in [3.63, 3.8) is 0 Å². The van der Waals surface area contributed by atoms with E-state index in [4.69, 9.17) is 0 Å². The Labute approximate surface area is 196 Å². The minimum atomic E-state index is -0.664. The van der Waals surface area contributed by atoms with Gasteiger partial charge in [0.15, 0.2) is 12.6 Å². The Hall–Kier alpha value is -2.30. The first kappa shape index (κ1) is 23.8. The Morgan fingerprint density at radius 1 is 0.970 bits per heavy atom. The van der Waals surface area contributed by atoms with Gasteiger partial charge < -0.3 is 15.3 Å². The molecule has 0 heterocycles. The molecule has 0 bridgehead atoms. The number of benzene rings is 1. The number of hydrogen-bond donors (Lipinski definition) is 3. The zero-order chi connectivity index (χ0) is 24.5. The van der Waals surface area contributed by atoms with Gasteiger partial charge in [-0.1, -0.05) is 46.8 Å². The van der Waals surface area contributed by atoms with Gasteiger partial charge in [0.25, 0.3) is 0 Å². The summed E-state index contributed by atoms with van der Waals surface area (Å²) in [5.74, 6) is 0.453. The summed E-state index contributed by atoms with van der Waals surface area (Å²) in [6.07, 6.45) is 5.57. The van der Waals surface area contributed by atoms with Crippen molar-refractivity contribution in [3.05, 3.63) is 28.8 Å². The van der Waals surface area contributed by atoms with Crippen LogP contribution in [-0.2, 0) is 0 Å². The lowest BCUT2D eigenvalue weighted by atomic mass is 9.60. The van der Waals surface area contributed by atoms with Crippen LogP contribution >= 0.6 is 0 Å². The van der Waals surface area contributed by atoms with Gasteiger partial charge in [0, 0.05) is 5.56 Å². The molecule has 3 N–H and O–H groups in total. The first-order valence-electron chi connectivity index (χ1n) is 12.3. The van der Waals surface area contributed by atoms with E-state index >= 15 is 0 Å². The Morgan fingerprint density at radius 2 is 1.55 bits per heavy atom. The van der Waals surface area contributed by atoms with E-state index in [1.165, 1.54) is 5.57 Å². The van der Waals surface area contributed by atoms with Gasteiger partial charge >= 0.3 is 0 Å². The molecule has 3 aliphatic rings. The number of carbonyl (C=O) groups is 2. The maximum Gasteiger partial charge on any atom is 0.157 e. The summed E-state index contributed by atoms with van der Waals surface area (Å²) in [5, 5.41) is 32.6. The molecule has 180 valence electrons. The summed E-state index contributed by atoms with van der Waals surface area (Å²) in [6, 6.07) is 0. The first-order valence-corrected chi connectivity index (χ1v) is 12.3. The fourth-order valence-corrected chi connectivity index (χ4v) is 7.89. The van der Waals surface area contributed by atoms with E-state index < -0.39 is 17.2 Å². The number of hydrogen-bond acceptors (Lipinski definition) is 5. The molecule has 0 spiro atoms. The Bertz CT molecular complexity index is 971. The summed E-state index contributed by atoms with van der Waals surface area (Å²) >= 11 is 0. The average Bonchev–Trinajstić information content (AvgIpc) is 3.16. The molecule has 5 nitrogen and oxygen atoms in total. The van der Waals surface area contributed by atoms with E-state index in [-0.39, 0.29) is 39.4 Å². The average molecular weight is 455 g/mol. The number of aldehydes is 2. The van der Waals surface area contributed by atoms with Crippen molar-refractivity contribution >= 4 is 12.6 Å². The second-order valence-electron chi connectivity index (χ2n) is 12.0. The van der Waals surface area contributed by atoms with Gasteiger partial charge in [-0.05, 0) is 78.4 Å². The highest BCUT2D eigenvalue weighted by Gasteiger charge is 2.68. The van der Waals surface area contributed by atoms with Crippen LogP contribution in [0.15, 0.2) is 12.2 Å². The molecule has 0 saturated heterocycles. The second-order valence-corrected chi connectivity index (χ2v) is 12.0. The number of fused-ring (bicyclic) bond motifs is 3. The summed E-state index contributed by atoms with van der Waals surface area (Å²) < 4.78 is 0. The number of phenolic OH excluding ortho intramolecular Hbond substituents is 3. The third-order valence-electron chi connectivity index (χ3n) is 9.63. The molecule has 33 heavy (non-hydrogen) atoms. The van der Waals surface area contributed by atoms with E-state index in [1.807, 2.05) is 0 Å². The highest BCUT2D eigenvalue weighted by Crippen LogP contribution is 2.75. The summed E-state index contributed by atoms with van der Waals surface area (Å²) in [4.78, 5) is 23.5. The van der Waals surface area contributed by atoms with Crippen LogP contribution in [0.25, 0.3) is 0 Å². The van der Waals surface area contributed by atoms with Crippen molar-refractivity contribution in [2.75, 3.05) is 0 Å². The number of aromatic hydroxyl groups is 3. The van der Waals surface area contributed by atoms with Crippen LogP contribution in [0, 0.1) is 40.4 Å². The normalized spacial score (nSPS) is 33.2. The van der Waals surface area contributed by atoms with Crippen LogP contribution < -0.4 is 0 Å². The molecule has 0 amide bonds. The highest BCUT2D eigenvalue weighted by molar-refractivity contribution is 5.95. The molecular formula is C28H38O5. The number of allylic oxidation sites excluding steroid dienone is 1. The monoisotopic (exact) mass is 454 g/mol. The molecule has 1 aromatic carbocycles. The molecule has 3 saturated carbocycles. The summed E-state index contributed by atoms with van der Waals surface area (Å²) in [7, 11) is 0. The van der Waals surface area contributed by atoms with Crippen molar-refractivity contribution in [1.29, 1.82) is 0 Å². The van der Waals surface area contributed by atoms with Crippen LogP contribution in [0.4, 0.5) is 0 Å². The summed E-state index contributed by atoms with van der Waals surface area (Å²) in [5.41, 5.74) is 0.887. The molecule has 6 atom stereocenters. The Balaban J connectivity index is 1.93. The lowest BCUT2D eigenvalue weighted by Gasteiger charge is -2.44. The topological polar surface area (TPSA) is 94.8 Å². The Kier molecular flexibility index (Phi) is 5.70. The van der Waals surface area contributed by atoms with Gasteiger partial charge in [0.2, 0.25) is 0 Å². The van der Waals surface area contributed by atoms with Crippen LogP contribution in [0.5, 0.6) is 17.2 Å². The highest BCUT2D eigenvalue weighted by atomic mass is 16.3. The van der Waals surface area contributed by atoms with Gasteiger partial charge in [-0.25, -0.2) is 0 Å². The van der Waals surface area contributed by atoms with E-state index in [2.05, 4.69) is 41.2 Å². The molecule has 3 unspecified atom stereocenters. The van der Waals surface area contributed by atoms with Crippen LogP contribution in [0.3, 0.4) is 0 Å². The molecule has 0 radical (unpaired) electrons. The molecule has 0 aliphatic heterocycles. The molecule has 4 rings (SSSR count). The molecule has 0 aromatic heterocycles. The predicted molar refractivity (Wildman–Crippen MR) is 128 cm³/mol. The zero-order valence-corrected chi connectivity index (χ0v) is 20.5. The van der Waals surface area contributed by atoms with E-state index in [1.54, 1.807) is 0 Å². The lowest BCUT2D eigenvalue weighted by Crippen LogP contribution is -2.36. The minimum absolute atomic E-state index is 0.235. The van der Waals surface area contributed by atoms with Crippen LogP contribution in [-0.4, -0.2) is 27.9 Å². The fraction of sp³-hybridized carbons (Fsp3) is 0.643. The van der Waals surface area contributed by atoms with Crippen molar-refractivity contribution < 1.29 is 24.9 Å². The van der Waals surface area contributed by atoms with E-state index in [0.717, 1.165) is 25.7 Å². The van der Waals surface area contributed by atoms with Crippen molar-refractivity contribution in [3.8, 4) is 17.2 Å². The molecule has 1 aromatic rings. The number of phenols is 3. The van der Waals surface area contributed by atoms with E-state index in [0.29, 0.717) is 42.7 Å². The van der Waals surface area contributed by atoms with Crippen molar-refractivity contribution in [2.45, 2.75) is 72.6 Å². The molecule has 3 fully saturated rings. The van der Waals surface area contributed by atoms with Gasteiger partial charge in [-0.15, -0.1) is 0 Å².